The van der Waals surface area contributed by atoms with E-state index in [-0.39, 0.29) is 17.7 Å². The minimum atomic E-state index is -4.44. The fraction of sp³-hybridized carbons (Fsp3) is 0.250. The molecule has 96 valence electrons. The van der Waals surface area contributed by atoms with Crippen molar-refractivity contribution in [2.24, 2.45) is 0 Å². The molecule has 0 aliphatic carbocycles. The molecule has 18 heavy (non-hydrogen) atoms. The van der Waals surface area contributed by atoms with Gasteiger partial charge in [0, 0.05) is 11.3 Å². The Labute approximate surface area is 102 Å². The molecule has 0 saturated carbocycles. The third-order valence-electron chi connectivity index (χ3n) is 2.06. The standard InChI is InChI=1S/C12H10F3NO2/c1-18-11(17)4-2-3-8-5-6-9(7-10(8)16)12(13,14)15/h5-7H,4,16H2,1H3. The first kappa shape index (κ1) is 13.9. The number of nitrogen functional groups attached to an aromatic ring is 1. The Bertz CT molecular complexity index is 512. The summed E-state index contributed by atoms with van der Waals surface area (Å²) >= 11 is 0. The van der Waals surface area contributed by atoms with Gasteiger partial charge in [0.05, 0.1) is 12.7 Å². The molecule has 6 heteroatoms. The Morgan fingerprint density at radius 3 is 2.61 bits per heavy atom. The molecule has 0 aromatic heterocycles. The number of carbonyl (C=O) groups is 1. The number of esters is 1. The monoisotopic (exact) mass is 257 g/mol. The van der Waals surface area contributed by atoms with Gasteiger partial charge in [-0.15, -0.1) is 0 Å². The number of hydrogen-bond donors (Lipinski definition) is 1. The van der Waals surface area contributed by atoms with Crippen molar-refractivity contribution < 1.29 is 22.7 Å². The van der Waals surface area contributed by atoms with Gasteiger partial charge in [0.2, 0.25) is 0 Å². The van der Waals surface area contributed by atoms with Crippen LogP contribution in [0.3, 0.4) is 0 Å². The zero-order chi connectivity index (χ0) is 13.8. The highest BCUT2D eigenvalue weighted by Crippen LogP contribution is 2.31. The normalized spacial score (nSPS) is 10.4. The van der Waals surface area contributed by atoms with E-state index < -0.39 is 17.7 Å². The molecular weight excluding hydrogens is 247 g/mol. The topological polar surface area (TPSA) is 52.3 Å². The lowest BCUT2D eigenvalue weighted by molar-refractivity contribution is -0.139. The van der Waals surface area contributed by atoms with Crippen molar-refractivity contribution >= 4 is 11.7 Å². The number of benzene rings is 1. The molecule has 3 nitrogen and oxygen atoms in total. The number of rotatable bonds is 1. The van der Waals surface area contributed by atoms with Gasteiger partial charge in [0.15, 0.2) is 0 Å². The summed E-state index contributed by atoms with van der Waals surface area (Å²) in [5.74, 6) is 4.46. The van der Waals surface area contributed by atoms with Crippen molar-refractivity contribution in [3.8, 4) is 11.8 Å². The van der Waals surface area contributed by atoms with Gasteiger partial charge in [-0.25, -0.2) is 0 Å². The maximum absolute atomic E-state index is 12.4. The number of ether oxygens (including phenoxy) is 1. The molecule has 0 fully saturated rings. The Morgan fingerprint density at radius 1 is 1.44 bits per heavy atom. The average molecular weight is 257 g/mol. The van der Waals surface area contributed by atoms with E-state index in [1.165, 1.54) is 13.2 Å². The van der Waals surface area contributed by atoms with Gasteiger partial charge in [-0.05, 0) is 18.2 Å². The highest BCUT2D eigenvalue weighted by Gasteiger charge is 2.30. The number of halogens is 3. The smallest absolute Gasteiger partial charge is 0.416 e. The van der Waals surface area contributed by atoms with Crippen molar-refractivity contribution in [2.45, 2.75) is 12.6 Å². The van der Waals surface area contributed by atoms with E-state index in [1.807, 2.05) is 0 Å². The molecule has 0 heterocycles. The van der Waals surface area contributed by atoms with Crippen LogP contribution in [-0.4, -0.2) is 13.1 Å². The van der Waals surface area contributed by atoms with Gasteiger partial charge in [-0.1, -0.05) is 11.8 Å². The van der Waals surface area contributed by atoms with Gasteiger partial charge in [-0.3, -0.25) is 4.79 Å². The molecule has 0 saturated heterocycles. The van der Waals surface area contributed by atoms with Crippen LogP contribution in [0.1, 0.15) is 17.5 Å². The van der Waals surface area contributed by atoms with E-state index in [1.54, 1.807) is 0 Å². The molecule has 0 amide bonds. The van der Waals surface area contributed by atoms with Gasteiger partial charge >= 0.3 is 12.1 Å². The number of nitrogens with two attached hydrogens (primary N) is 1. The summed E-state index contributed by atoms with van der Waals surface area (Å²) in [6, 6.07) is 2.86. The first-order chi connectivity index (χ1) is 8.34. The summed E-state index contributed by atoms with van der Waals surface area (Å²) in [6.07, 6.45) is -4.58. The van der Waals surface area contributed by atoms with Crippen LogP contribution in [0.2, 0.25) is 0 Å². The Morgan fingerprint density at radius 2 is 2.11 bits per heavy atom. The van der Waals surface area contributed by atoms with Crippen LogP contribution in [0.15, 0.2) is 18.2 Å². The van der Waals surface area contributed by atoms with Crippen molar-refractivity contribution in [2.75, 3.05) is 12.8 Å². The van der Waals surface area contributed by atoms with Crippen LogP contribution in [0.5, 0.6) is 0 Å². The van der Waals surface area contributed by atoms with Crippen LogP contribution >= 0.6 is 0 Å². The highest BCUT2D eigenvalue weighted by atomic mass is 19.4. The Kier molecular flexibility index (Phi) is 4.21. The quantitative estimate of drug-likeness (QED) is 0.476. The molecule has 0 bridgehead atoms. The van der Waals surface area contributed by atoms with Crippen LogP contribution in [0.25, 0.3) is 0 Å². The lowest BCUT2D eigenvalue weighted by Gasteiger charge is -2.07. The predicted octanol–water partition coefficient (Wildman–Crippen LogP) is 2.20. The third kappa shape index (κ3) is 3.70. The van der Waals surface area contributed by atoms with Crippen LogP contribution in [-0.2, 0) is 15.7 Å². The number of alkyl halides is 3. The molecule has 0 spiro atoms. The number of anilines is 1. The van der Waals surface area contributed by atoms with Crippen LogP contribution in [0, 0.1) is 11.8 Å². The zero-order valence-electron chi connectivity index (χ0n) is 9.47. The molecule has 0 aliphatic rings. The third-order valence-corrected chi connectivity index (χ3v) is 2.06. The van der Waals surface area contributed by atoms with Crippen LogP contribution < -0.4 is 5.73 Å². The maximum Gasteiger partial charge on any atom is 0.416 e. The summed E-state index contributed by atoms with van der Waals surface area (Å²) < 4.78 is 41.4. The number of hydrogen-bond acceptors (Lipinski definition) is 3. The molecule has 1 aromatic carbocycles. The van der Waals surface area contributed by atoms with Gasteiger partial charge in [0.25, 0.3) is 0 Å². The van der Waals surface area contributed by atoms with E-state index in [2.05, 4.69) is 16.6 Å². The highest BCUT2D eigenvalue weighted by molar-refractivity contribution is 5.72. The second-order valence-electron chi connectivity index (χ2n) is 3.35. The van der Waals surface area contributed by atoms with Gasteiger partial charge in [-0.2, -0.15) is 13.2 Å². The van der Waals surface area contributed by atoms with Gasteiger partial charge < -0.3 is 10.5 Å². The van der Waals surface area contributed by atoms with Crippen LogP contribution in [0.4, 0.5) is 18.9 Å². The fourth-order valence-electron chi connectivity index (χ4n) is 1.14. The summed E-state index contributed by atoms with van der Waals surface area (Å²) in [4.78, 5) is 10.8. The van der Waals surface area contributed by atoms with E-state index >= 15 is 0 Å². The largest absolute Gasteiger partial charge is 0.468 e. The number of methoxy groups -OCH3 is 1. The summed E-state index contributed by atoms with van der Waals surface area (Å²) in [6.45, 7) is 0. The molecule has 2 N–H and O–H groups in total. The molecule has 0 aliphatic heterocycles. The van der Waals surface area contributed by atoms with Crippen molar-refractivity contribution in [3.63, 3.8) is 0 Å². The van der Waals surface area contributed by atoms with Gasteiger partial charge in [0.1, 0.15) is 6.42 Å². The Hall–Kier alpha value is -2.16. The lowest BCUT2D eigenvalue weighted by Crippen LogP contribution is -2.06. The molecule has 1 rings (SSSR count). The Balaban J connectivity index is 2.90. The first-order valence-electron chi connectivity index (χ1n) is 4.87. The van der Waals surface area contributed by atoms with Crippen molar-refractivity contribution in [1.29, 1.82) is 0 Å². The zero-order valence-corrected chi connectivity index (χ0v) is 9.47. The second-order valence-corrected chi connectivity index (χ2v) is 3.35. The minimum Gasteiger partial charge on any atom is -0.468 e. The summed E-state index contributed by atoms with van der Waals surface area (Å²) in [5.41, 5.74) is 4.78. The first-order valence-corrected chi connectivity index (χ1v) is 4.87. The van der Waals surface area contributed by atoms with E-state index in [0.29, 0.717) is 0 Å². The van der Waals surface area contributed by atoms with E-state index in [4.69, 9.17) is 5.73 Å². The predicted molar refractivity (Wildman–Crippen MR) is 59.4 cm³/mol. The number of carbonyl (C=O) groups excluding carboxylic acids is 1. The lowest BCUT2D eigenvalue weighted by atomic mass is 10.1. The minimum absolute atomic E-state index is 0.0813. The molecular formula is C12H10F3NO2. The van der Waals surface area contributed by atoms with E-state index in [0.717, 1.165) is 12.1 Å². The average Bonchev–Trinajstić information content (AvgIpc) is 2.29. The van der Waals surface area contributed by atoms with Crippen molar-refractivity contribution in [3.05, 3.63) is 29.3 Å². The molecule has 1 aromatic rings. The molecule has 0 radical (unpaired) electrons. The summed E-state index contributed by atoms with van der Waals surface area (Å²) in [7, 11) is 1.22. The maximum atomic E-state index is 12.4. The SMILES string of the molecule is COC(=O)CC#Cc1ccc(C(F)(F)F)cc1N. The fourth-order valence-corrected chi connectivity index (χ4v) is 1.14. The summed E-state index contributed by atoms with van der Waals surface area (Å²) in [5, 5.41) is 0. The van der Waals surface area contributed by atoms with E-state index in [9.17, 15) is 18.0 Å². The second kappa shape index (κ2) is 5.45. The molecule has 0 atom stereocenters. The molecule has 0 unspecified atom stereocenters. The van der Waals surface area contributed by atoms with Crippen molar-refractivity contribution in [1.82, 2.24) is 0 Å².